The molecule has 5 heteroatoms. The molecular formula is C21H24N4O. The molecule has 0 aliphatic heterocycles. The molecule has 26 heavy (non-hydrogen) atoms. The number of rotatable bonds is 5. The first kappa shape index (κ1) is 17.7. The first-order chi connectivity index (χ1) is 12.4. The molecule has 0 aliphatic rings. The summed E-state index contributed by atoms with van der Waals surface area (Å²) in [5.74, 6) is 2.09. The van der Waals surface area contributed by atoms with Crippen LogP contribution in [-0.2, 0) is 0 Å². The lowest BCUT2D eigenvalue weighted by Crippen LogP contribution is -2.04. The number of anilines is 4. The smallest absolute Gasteiger partial charge is 0.229 e. The fourth-order valence-corrected chi connectivity index (χ4v) is 3.02. The Morgan fingerprint density at radius 3 is 2.27 bits per heavy atom. The quantitative estimate of drug-likeness (QED) is 0.663. The van der Waals surface area contributed by atoms with Gasteiger partial charge in [0.1, 0.15) is 11.6 Å². The highest BCUT2D eigenvalue weighted by atomic mass is 16.5. The summed E-state index contributed by atoms with van der Waals surface area (Å²) in [5.41, 5.74) is 6.49. The maximum absolute atomic E-state index is 5.26. The Kier molecular flexibility index (Phi) is 5.07. The van der Waals surface area contributed by atoms with Crippen molar-refractivity contribution in [1.29, 1.82) is 0 Å². The van der Waals surface area contributed by atoms with Crippen molar-refractivity contribution in [2.75, 3.05) is 17.7 Å². The number of nitrogens with one attached hydrogen (secondary N) is 2. The second-order valence-electron chi connectivity index (χ2n) is 6.47. The highest BCUT2D eigenvalue weighted by molar-refractivity contribution is 5.66. The molecule has 3 aromatic rings. The Balaban J connectivity index is 1.88. The molecule has 1 aromatic heterocycles. The van der Waals surface area contributed by atoms with Gasteiger partial charge in [0, 0.05) is 29.2 Å². The zero-order valence-electron chi connectivity index (χ0n) is 15.8. The molecule has 0 radical (unpaired) electrons. The highest BCUT2D eigenvalue weighted by Gasteiger charge is 2.08. The topological polar surface area (TPSA) is 59.1 Å². The number of ether oxygens (including phenoxy) is 1. The molecule has 2 aromatic carbocycles. The molecule has 0 atom stereocenters. The fraction of sp³-hybridized carbons (Fsp3) is 0.238. The van der Waals surface area contributed by atoms with Gasteiger partial charge < -0.3 is 15.4 Å². The van der Waals surface area contributed by atoms with Gasteiger partial charge in [0.25, 0.3) is 0 Å². The third-order valence-electron chi connectivity index (χ3n) is 4.11. The largest absolute Gasteiger partial charge is 0.497 e. The van der Waals surface area contributed by atoms with Crippen LogP contribution in [0.3, 0.4) is 0 Å². The van der Waals surface area contributed by atoms with Crippen LogP contribution in [0.15, 0.2) is 42.5 Å². The average molecular weight is 348 g/mol. The first-order valence-corrected chi connectivity index (χ1v) is 8.56. The molecule has 0 fully saturated rings. The number of hydrogen-bond donors (Lipinski definition) is 2. The van der Waals surface area contributed by atoms with Gasteiger partial charge in [-0.2, -0.15) is 4.98 Å². The van der Waals surface area contributed by atoms with E-state index in [1.54, 1.807) is 7.11 Å². The van der Waals surface area contributed by atoms with E-state index in [9.17, 15) is 0 Å². The van der Waals surface area contributed by atoms with Crippen LogP contribution in [0.4, 0.5) is 23.1 Å². The van der Waals surface area contributed by atoms with Gasteiger partial charge in [-0.05, 0) is 51.0 Å². The molecule has 1 heterocycles. The van der Waals surface area contributed by atoms with Crippen molar-refractivity contribution in [1.82, 2.24) is 9.97 Å². The Morgan fingerprint density at radius 1 is 0.846 bits per heavy atom. The van der Waals surface area contributed by atoms with E-state index in [-0.39, 0.29) is 0 Å². The first-order valence-electron chi connectivity index (χ1n) is 8.56. The van der Waals surface area contributed by atoms with Crippen molar-refractivity contribution in [2.24, 2.45) is 0 Å². The van der Waals surface area contributed by atoms with Crippen LogP contribution in [0.25, 0.3) is 0 Å². The SMILES string of the molecule is COc1cccc(Nc2nc(C)cc(Nc3c(C)cc(C)cc3C)n2)c1. The molecule has 0 amide bonds. The van der Waals surface area contributed by atoms with E-state index in [4.69, 9.17) is 4.74 Å². The highest BCUT2D eigenvalue weighted by Crippen LogP contribution is 2.26. The molecule has 5 nitrogen and oxygen atoms in total. The zero-order chi connectivity index (χ0) is 18.7. The maximum atomic E-state index is 5.26. The summed E-state index contributed by atoms with van der Waals surface area (Å²) in [6, 6.07) is 14.0. The minimum Gasteiger partial charge on any atom is -0.497 e. The normalized spacial score (nSPS) is 10.5. The summed E-state index contributed by atoms with van der Waals surface area (Å²) in [6.07, 6.45) is 0. The van der Waals surface area contributed by atoms with Crippen LogP contribution in [-0.4, -0.2) is 17.1 Å². The van der Waals surface area contributed by atoms with Crippen molar-refractivity contribution < 1.29 is 4.74 Å². The van der Waals surface area contributed by atoms with Gasteiger partial charge in [0.15, 0.2) is 0 Å². The molecule has 0 unspecified atom stereocenters. The van der Waals surface area contributed by atoms with Crippen LogP contribution in [0.2, 0.25) is 0 Å². The lowest BCUT2D eigenvalue weighted by atomic mass is 10.1. The van der Waals surface area contributed by atoms with E-state index in [1.807, 2.05) is 37.3 Å². The van der Waals surface area contributed by atoms with Gasteiger partial charge >= 0.3 is 0 Å². The number of benzene rings is 2. The predicted octanol–water partition coefficient (Wildman–Crippen LogP) is 5.21. The Bertz CT molecular complexity index is 914. The molecule has 3 rings (SSSR count). The third kappa shape index (κ3) is 4.11. The van der Waals surface area contributed by atoms with Crippen molar-refractivity contribution in [3.8, 4) is 5.75 Å². The van der Waals surface area contributed by atoms with E-state index in [0.29, 0.717) is 5.95 Å². The van der Waals surface area contributed by atoms with E-state index < -0.39 is 0 Å². The fourth-order valence-electron chi connectivity index (χ4n) is 3.02. The summed E-state index contributed by atoms with van der Waals surface area (Å²) in [4.78, 5) is 9.09. The van der Waals surface area contributed by atoms with Crippen molar-refractivity contribution in [3.05, 3.63) is 64.8 Å². The molecule has 134 valence electrons. The van der Waals surface area contributed by atoms with Crippen LogP contribution >= 0.6 is 0 Å². The number of nitrogens with zero attached hydrogens (tertiary/aromatic N) is 2. The van der Waals surface area contributed by atoms with E-state index in [2.05, 4.69) is 53.5 Å². The molecule has 0 aliphatic carbocycles. The van der Waals surface area contributed by atoms with E-state index >= 15 is 0 Å². The monoisotopic (exact) mass is 348 g/mol. The standard InChI is InChI=1S/C21H24N4O/c1-13-9-14(2)20(15(3)10-13)24-19-11-16(4)22-21(25-19)23-17-7-6-8-18(12-17)26-5/h6-12H,1-5H3,(H2,22,23,24,25). The van der Waals surface area contributed by atoms with Crippen LogP contribution in [0, 0.1) is 27.7 Å². The number of aromatic nitrogens is 2. The number of hydrogen-bond acceptors (Lipinski definition) is 5. The summed E-state index contributed by atoms with van der Waals surface area (Å²) < 4.78 is 5.26. The Morgan fingerprint density at radius 2 is 1.58 bits per heavy atom. The van der Waals surface area contributed by atoms with Crippen molar-refractivity contribution in [2.45, 2.75) is 27.7 Å². The maximum Gasteiger partial charge on any atom is 0.229 e. The lowest BCUT2D eigenvalue weighted by molar-refractivity contribution is 0.415. The van der Waals surface area contributed by atoms with Gasteiger partial charge in [-0.15, -0.1) is 0 Å². The zero-order valence-corrected chi connectivity index (χ0v) is 15.8. The Hall–Kier alpha value is -3.08. The van der Waals surface area contributed by atoms with Gasteiger partial charge in [0.05, 0.1) is 7.11 Å². The molecular weight excluding hydrogens is 324 g/mol. The lowest BCUT2D eigenvalue weighted by Gasteiger charge is -2.15. The van der Waals surface area contributed by atoms with Crippen LogP contribution < -0.4 is 15.4 Å². The molecule has 0 saturated carbocycles. The molecule has 2 N–H and O–H groups in total. The van der Waals surface area contributed by atoms with Crippen LogP contribution in [0.5, 0.6) is 5.75 Å². The summed E-state index contributed by atoms with van der Waals surface area (Å²) in [7, 11) is 1.65. The van der Waals surface area contributed by atoms with E-state index in [0.717, 1.165) is 28.6 Å². The summed E-state index contributed by atoms with van der Waals surface area (Å²) in [6.45, 7) is 8.27. The molecule has 0 saturated heterocycles. The minimum absolute atomic E-state index is 0.545. The van der Waals surface area contributed by atoms with Gasteiger partial charge in [-0.1, -0.05) is 23.8 Å². The van der Waals surface area contributed by atoms with E-state index in [1.165, 1.54) is 16.7 Å². The average Bonchev–Trinajstić information content (AvgIpc) is 2.58. The van der Waals surface area contributed by atoms with Crippen LogP contribution in [0.1, 0.15) is 22.4 Å². The van der Waals surface area contributed by atoms with Gasteiger partial charge in [-0.25, -0.2) is 4.98 Å². The summed E-state index contributed by atoms with van der Waals surface area (Å²) >= 11 is 0. The number of aryl methyl sites for hydroxylation is 4. The molecule has 0 spiro atoms. The predicted molar refractivity (Wildman–Crippen MR) is 107 cm³/mol. The second-order valence-corrected chi connectivity index (χ2v) is 6.47. The third-order valence-corrected chi connectivity index (χ3v) is 4.11. The van der Waals surface area contributed by atoms with Crippen molar-refractivity contribution >= 4 is 23.1 Å². The van der Waals surface area contributed by atoms with Gasteiger partial charge in [0.2, 0.25) is 5.95 Å². The van der Waals surface area contributed by atoms with Gasteiger partial charge in [-0.3, -0.25) is 0 Å². The second kappa shape index (κ2) is 7.44. The summed E-state index contributed by atoms with van der Waals surface area (Å²) in [5, 5.41) is 6.68. The molecule has 0 bridgehead atoms. The Labute approximate surface area is 154 Å². The number of methoxy groups -OCH3 is 1. The minimum atomic E-state index is 0.545. The van der Waals surface area contributed by atoms with Crippen molar-refractivity contribution in [3.63, 3.8) is 0 Å².